The molecule has 7 heteroatoms. The lowest BCUT2D eigenvalue weighted by molar-refractivity contribution is 0.131. The van der Waals surface area contributed by atoms with Crippen LogP contribution in [-0.4, -0.2) is 43.8 Å². The Hall–Kier alpha value is -0.923. The Morgan fingerprint density at radius 1 is 1.11 bits per heavy atom. The Bertz CT molecular complexity index is 275. The van der Waals surface area contributed by atoms with E-state index in [1.165, 1.54) is 0 Å². The Balaban J connectivity index is 4.28. The zero-order valence-electron chi connectivity index (χ0n) is 12.3. The van der Waals surface area contributed by atoms with Crippen LogP contribution in [-0.2, 0) is 8.85 Å². The van der Waals surface area contributed by atoms with Crippen molar-refractivity contribution in [1.29, 1.82) is 0 Å². The van der Waals surface area contributed by atoms with Crippen molar-refractivity contribution in [2.45, 2.75) is 59.1 Å². The van der Waals surface area contributed by atoms with Crippen LogP contribution in [0.4, 0.5) is 0 Å². The van der Waals surface area contributed by atoms with Crippen LogP contribution in [0.25, 0.3) is 0 Å². The fourth-order valence-electron chi connectivity index (χ4n) is 1.67. The molecule has 0 aliphatic carbocycles. The number of oxime groups is 2. The fourth-order valence-corrected chi connectivity index (χ4v) is 3.03. The summed E-state index contributed by atoms with van der Waals surface area (Å²) in [7, 11) is -1.61. The average Bonchev–Trinajstić information content (AvgIpc) is 2.41. The SMILES string of the molecule is CCO[SiH](C)OC(CCC(C)=NO)CCC(C)=NO. The van der Waals surface area contributed by atoms with Crippen LogP contribution in [0.15, 0.2) is 10.3 Å². The molecule has 1 unspecified atom stereocenters. The highest BCUT2D eigenvalue weighted by atomic mass is 28.3. The van der Waals surface area contributed by atoms with Crippen LogP contribution in [0.5, 0.6) is 0 Å². The van der Waals surface area contributed by atoms with E-state index in [0.717, 1.165) is 12.8 Å². The molecule has 6 nitrogen and oxygen atoms in total. The third kappa shape index (κ3) is 9.63. The first-order chi connectivity index (χ1) is 9.03. The molecule has 0 aliphatic rings. The zero-order chi connectivity index (χ0) is 14.7. The van der Waals surface area contributed by atoms with Crippen molar-refractivity contribution >= 4 is 20.7 Å². The fraction of sp³-hybridized carbons (Fsp3) is 0.833. The van der Waals surface area contributed by atoms with Crippen LogP contribution in [0.1, 0.15) is 46.5 Å². The average molecular weight is 290 g/mol. The van der Waals surface area contributed by atoms with Gasteiger partial charge in [0.1, 0.15) is 0 Å². The smallest absolute Gasteiger partial charge is 0.318 e. The van der Waals surface area contributed by atoms with Crippen LogP contribution in [0, 0.1) is 0 Å². The highest BCUT2D eigenvalue weighted by Gasteiger charge is 2.16. The van der Waals surface area contributed by atoms with Crippen molar-refractivity contribution in [2.75, 3.05) is 6.61 Å². The molecule has 0 amide bonds. The summed E-state index contributed by atoms with van der Waals surface area (Å²) in [5, 5.41) is 23.6. The lowest BCUT2D eigenvalue weighted by Crippen LogP contribution is -2.27. The largest absolute Gasteiger partial charge is 0.411 e. The first-order valence-electron chi connectivity index (χ1n) is 6.65. The zero-order valence-corrected chi connectivity index (χ0v) is 13.5. The molecule has 0 fully saturated rings. The predicted octanol–water partition coefficient (Wildman–Crippen LogP) is 2.52. The third-order valence-electron chi connectivity index (χ3n) is 2.78. The second kappa shape index (κ2) is 11.0. The van der Waals surface area contributed by atoms with Crippen molar-refractivity contribution in [3.63, 3.8) is 0 Å². The summed E-state index contributed by atoms with van der Waals surface area (Å²) in [6.45, 7) is 8.17. The molecule has 0 rings (SSSR count). The Morgan fingerprint density at radius 3 is 1.95 bits per heavy atom. The van der Waals surface area contributed by atoms with Crippen molar-refractivity contribution in [3.8, 4) is 0 Å². The molecule has 0 heterocycles. The molecule has 0 aliphatic heterocycles. The van der Waals surface area contributed by atoms with Crippen molar-refractivity contribution < 1.29 is 19.3 Å². The number of rotatable bonds is 10. The Labute approximate surface area is 116 Å². The highest BCUT2D eigenvalue weighted by molar-refractivity contribution is 6.42. The van der Waals surface area contributed by atoms with Crippen LogP contribution in [0.3, 0.4) is 0 Å². The maximum atomic E-state index is 8.65. The molecular formula is C12H26N2O4Si. The van der Waals surface area contributed by atoms with E-state index in [0.29, 0.717) is 30.9 Å². The monoisotopic (exact) mass is 290 g/mol. The summed E-state index contributed by atoms with van der Waals surface area (Å²) >= 11 is 0. The van der Waals surface area contributed by atoms with E-state index in [1.54, 1.807) is 13.8 Å². The maximum Gasteiger partial charge on any atom is 0.318 e. The van der Waals surface area contributed by atoms with E-state index in [2.05, 4.69) is 10.3 Å². The lowest BCUT2D eigenvalue weighted by atomic mass is 10.1. The standard InChI is InChI=1S/C12H26N2O4Si/c1-5-17-19(4)18-12(8-6-10(2)13-15)9-7-11(3)14-16/h12,15-16,19H,5-9H2,1-4H3. The predicted molar refractivity (Wildman–Crippen MR) is 77.8 cm³/mol. The maximum absolute atomic E-state index is 8.65. The molecule has 0 spiro atoms. The van der Waals surface area contributed by atoms with Gasteiger partial charge in [0.2, 0.25) is 0 Å². The van der Waals surface area contributed by atoms with Gasteiger partial charge in [-0.15, -0.1) is 0 Å². The van der Waals surface area contributed by atoms with Gasteiger partial charge in [0.05, 0.1) is 11.4 Å². The summed E-state index contributed by atoms with van der Waals surface area (Å²) in [5.74, 6) is 0. The van der Waals surface area contributed by atoms with E-state index >= 15 is 0 Å². The minimum atomic E-state index is -1.61. The van der Waals surface area contributed by atoms with Gasteiger partial charge in [-0.05, 0) is 53.0 Å². The van der Waals surface area contributed by atoms with Gasteiger partial charge in [-0.1, -0.05) is 10.3 Å². The van der Waals surface area contributed by atoms with Gasteiger partial charge in [0, 0.05) is 12.7 Å². The Morgan fingerprint density at radius 2 is 1.58 bits per heavy atom. The normalized spacial score (nSPS) is 16.4. The molecule has 0 radical (unpaired) electrons. The molecule has 0 saturated carbocycles. The molecule has 1 atom stereocenters. The minimum absolute atomic E-state index is 0.0432. The van der Waals surface area contributed by atoms with E-state index in [1.807, 2.05) is 13.5 Å². The molecule has 0 bridgehead atoms. The molecule has 0 aromatic heterocycles. The van der Waals surface area contributed by atoms with Gasteiger partial charge < -0.3 is 19.3 Å². The summed E-state index contributed by atoms with van der Waals surface area (Å²) in [6, 6.07) is 0. The minimum Gasteiger partial charge on any atom is -0.411 e. The van der Waals surface area contributed by atoms with Crippen molar-refractivity contribution in [3.05, 3.63) is 0 Å². The van der Waals surface area contributed by atoms with Gasteiger partial charge in [-0.3, -0.25) is 0 Å². The molecular weight excluding hydrogens is 264 g/mol. The van der Waals surface area contributed by atoms with Gasteiger partial charge >= 0.3 is 9.28 Å². The molecule has 0 saturated heterocycles. The number of hydrogen-bond acceptors (Lipinski definition) is 6. The number of nitrogens with zero attached hydrogens (tertiary/aromatic N) is 2. The second-order valence-corrected chi connectivity index (χ2v) is 6.27. The van der Waals surface area contributed by atoms with Crippen molar-refractivity contribution in [2.24, 2.45) is 10.3 Å². The quantitative estimate of drug-likeness (QED) is 0.280. The van der Waals surface area contributed by atoms with Gasteiger partial charge in [0.25, 0.3) is 0 Å². The summed E-state index contributed by atoms with van der Waals surface area (Å²) < 4.78 is 11.4. The van der Waals surface area contributed by atoms with Gasteiger partial charge in [-0.2, -0.15) is 0 Å². The van der Waals surface area contributed by atoms with E-state index in [9.17, 15) is 0 Å². The van der Waals surface area contributed by atoms with E-state index < -0.39 is 9.28 Å². The topological polar surface area (TPSA) is 83.6 Å². The third-order valence-corrected chi connectivity index (χ3v) is 4.35. The molecule has 19 heavy (non-hydrogen) atoms. The summed E-state index contributed by atoms with van der Waals surface area (Å²) in [6.07, 6.45) is 2.97. The van der Waals surface area contributed by atoms with E-state index in [4.69, 9.17) is 19.3 Å². The lowest BCUT2D eigenvalue weighted by Gasteiger charge is -2.21. The van der Waals surface area contributed by atoms with Gasteiger partial charge in [-0.25, -0.2) is 0 Å². The molecule has 2 N–H and O–H groups in total. The van der Waals surface area contributed by atoms with Crippen LogP contribution in [0.2, 0.25) is 6.55 Å². The van der Waals surface area contributed by atoms with Gasteiger partial charge in [0.15, 0.2) is 0 Å². The van der Waals surface area contributed by atoms with Crippen molar-refractivity contribution in [1.82, 2.24) is 0 Å². The Kier molecular flexibility index (Phi) is 10.4. The summed E-state index contributed by atoms with van der Waals surface area (Å²) in [5.41, 5.74) is 1.37. The molecule has 0 aromatic rings. The molecule has 112 valence electrons. The first-order valence-corrected chi connectivity index (χ1v) is 8.75. The molecule has 0 aromatic carbocycles. The first kappa shape index (κ1) is 18.1. The number of hydrogen-bond donors (Lipinski definition) is 2. The highest BCUT2D eigenvalue weighted by Crippen LogP contribution is 2.13. The van der Waals surface area contributed by atoms with E-state index in [-0.39, 0.29) is 6.10 Å². The second-order valence-electron chi connectivity index (χ2n) is 4.53. The summed E-state index contributed by atoms with van der Waals surface area (Å²) in [4.78, 5) is 0. The van der Waals surface area contributed by atoms with Crippen LogP contribution < -0.4 is 0 Å². The van der Waals surface area contributed by atoms with Crippen LogP contribution >= 0.6 is 0 Å².